The van der Waals surface area contributed by atoms with Gasteiger partial charge in [0.05, 0.1) is 5.56 Å². The number of nitrogens with one attached hydrogen (secondary N) is 1. The average molecular weight is 312 g/mol. The molecule has 0 aliphatic carbocycles. The molecule has 0 aliphatic rings. The number of aryl methyl sites for hydroxylation is 2. The van der Waals surface area contributed by atoms with Crippen LogP contribution in [0.3, 0.4) is 0 Å². The van der Waals surface area contributed by atoms with E-state index in [1.807, 2.05) is 32.0 Å². The van der Waals surface area contributed by atoms with Crippen LogP contribution in [0.5, 0.6) is 0 Å². The van der Waals surface area contributed by atoms with Crippen LogP contribution in [0.15, 0.2) is 42.5 Å². The highest BCUT2D eigenvalue weighted by Crippen LogP contribution is 2.21. The summed E-state index contributed by atoms with van der Waals surface area (Å²) in [4.78, 5) is 24.0. The number of benzene rings is 2. The number of ether oxygens (including phenoxy) is 1. The van der Waals surface area contributed by atoms with E-state index >= 15 is 0 Å². The lowest BCUT2D eigenvalue weighted by Gasteiger charge is -2.13. The van der Waals surface area contributed by atoms with Crippen molar-refractivity contribution in [1.29, 1.82) is 0 Å². The Morgan fingerprint density at radius 2 is 1.87 bits per heavy atom. The minimum atomic E-state index is -0.612. The lowest BCUT2D eigenvalue weighted by Crippen LogP contribution is -2.22. The van der Waals surface area contributed by atoms with E-state index in [0.717, 1.165) is 23.2 Å². The zero-order chi connectivity index (χ0) is 16.8. The van der Waals surface area contributed by atoms with Gasteiger partial charge >= 0.3 is 5.97 Å². The summed E-state index contributed by atoms with van der Waals surface area (Å²) in [6.07, 6.45) is 0.803. The first-order valence-corrected chi connectivity index (χ1v) is 7.43. The molecule has 0 unspecified atom stereocenters. The number of carbonyl (C=O) groups excluding carboxylic acids is 2. The van der Waals surface area contributed by atoms with Gasteiger partial charge in [-0.2, -0.15) is 0 Å². The van der Waals surface area contributed by atoms with E-state index in [2.05, 4.69) is 5.32 Å². The van der Waals surface area contributed by atoms with Crippen molar-refractivity contribution in [1.82, 2.24) is 0 Å². The molecule has 0 aliphatic heterocycles. The lowest BCUT2D eigenvalue weighted by atomic mass is 10.1. The third-order valence-electron chi connectivity index (χ3n) is 3.52. The Kier molecular flexibility index (Phi) is 5.36. The van der Waals surface area contributed by atoms with Gasteiger partial charge in [0.1, 0.15) is 0 Å². The first-order valence-electron chi connectivity index (χ1n) is 7.43. The Balaban J connectivity index is 1.99. The fraction of sp³-hybridized carbons (Fsp3) is 0.222. The number of nitrogens with two attached hydrogens (primary N) is 1. The van der Waals surface area contributed by atoms with Crippen LogP contribution >= 0.6 is 0 Å². The van der Waals surface area contributed by atoms with Gasteiger partial charge in [0.25, 0.3) is 5.91 Å². The van der Waals surface area contributed by atoms with Crippen molar-refractivity contribution in [2.45, 2.75) is 20.3 Å². The number of para-hydroxylation sites is 2. The summed E-state index contributed by atoms with van der Waals surface area (Å²) in [5.41, 5.74) is 9.07. The Labute approximate surface area is 135 Å². The van der Waals surface area contributed by atoms with E-state index in [1.54, 1.807) is 24.3 Å². The van der Waals surface area contributed by atoms with Gasteiger partial charge in [-0.1, -0.05) is 37.3 Å². The molecule has 0 saturated carbocycles. The minimum absolute atomic E-state index is 0.255. The standard InChI is InChI=1S/C18H20N2O3/c1-3-13-8-6-7-12(2)17(13)20-16(21)11-23-18(22)14-9-4-5-10-15(14)19/h4-10H,3,11,19H2,1-2H3,(H,20,21). The third-order valence-corrected chi connectivity index (χ3v) is 3.52. The summed E-state index contributed by atoms with van der Waals surface area (Å²) in [5.74, 6) is -0.990. The van der Waals surface area contributed by atoms with Crippen LogP contribution in [-0.2, 0) is 16.0 Å². The predicted octanol–water partition coefficient (Wildman–Crippen LogP) is 2.94. The molecule has 0 spiro atoms. The first kappa shape index (κ1) is 16.5. The summed E-state index contributed by atoms with van der Waals surface area (Å²) in [5, 5.41) is 2.80. The number of nitrogen functional groups attached to an aromatic ring is 1. The Morgan fingerprint density at radius 1 is 1.13 bits per heavy atom. The molecule has 0 bridgehead atoms. The van der Waals surface area contributed by atoms with Gasteiger partial charge in [0.2, 0.25) is 0 Å². The van der Waals surface area contributed by atoms with Gasteiger partial charge in [-0.05, 0) is 36.6 Å². The van der Waals surface area contributed by atoms with E-state index in [4.69, 9.17) is 10.5 Å². The van der Waals surface area contributed by atoms with Gasteiger partial charge in [0.15, 0.2) is 6.61 Å². The van der Waals surface area contributed by atoms with E-state index in [-0.39, 0.29) is 18.1 Å². The number of hydrogen-bond donors (Lipinski definition) is 2. The van der Waals surface area contributed by atoms with Crippen molar-refractivity contribution < 1.29 is 14.3 Å². The second kappa shape index (κ2) is 7.45. The zero-order valence-electron chi connectivity index (χ0n) is 13.3. The number of amides is 1. The molecule has 0 heterocycles. The van der Waals surface area contributed by atoms with Gasteiger partial charge in [-0.25, -0.2) is 4.79 Å². The van der Waals surface area contributed by atoms with Crippen LogP contribution in [0, 0.1) is 6.92 Å². The summed E-state index contributed by atoms with van der Waals surface area (Å²) in [6, 6.07) is 12.4. The molecule has 1 amide bonds. The Morgan fingerprint density at radius 3 is 2.57 bits per heavy atom. The van der Waals surface area contributed by atoms with Crippen molar-refractivity contribution in [3.05, 3.63) is 59.2 Å². The lowest BCUT2D eigenvalue weighted by molar-refractivity contribution is -0.119. The fourth-order valence-corrected chi connectivity index (χ4v) is 2.27. The molecule has 0 fully saturated rings. The van der Waals surface area contributed by atoms with Crippen molar-refractivity contribution in [3.8, 4) is 0 Å². The second-order valence-electron chi connectivity index (χ2n) is 5.17. The quantitative estimate of drug-likeness (QED) is 0.657. The molecule has 0 aromatic heterocycles. The first-order chi connectivity index (χ1) is 11.0. The summed E-state index contributed by atoms with van der Waals surface area (Å²) >= 11 is 0. The number of carbonyl (C=O) groups is 2. The van der Waals surface area contributed by atoms with Gasteiger partial charge in [-0.3, -0.25) is 4.79 Å². The van der Waals surface area contributed by atoms with Crippen LogP contribution in [0.25, 0.3) is 0 Å². The van der Waals surface area contributed by atoms with Gasteiger partial charge < -0.3 is 15.8 Å². The SMILES string of the molecule is CCc1cccc(C)c1NC(=O)COC(=O)c1ccccc1N. The minimum Gasteiger partial charge on any atom is -0.452 e. The number of hydrogen-bond acceptors (Lipinski definition) is 4. The normalized spacial score (nSPS) is 10.2. The molecule has 2 aromatic rings. The molecule has 0 atom stereocenters. The summed E-state index contributed by atoms with van der Waals surface area (Å²) in [7, 11) is 0. The molecule has 120 valence electrons. The summed E-state index contributed by atoms with van der Waals surface area (Å²) in [6.45, 7) is 3.58. The molecular weight excluding hydrogens is 292 g/mol. The molecule has 2 rings (SSSR count). The maximum Gasteiger partial charge on any atom is 0.340 e. The molecule has 2 aromatic carbocycles. The molecule has 0 radical (unpaired) electrons. The van der Waals surface area contributed by atoms with Crippen LogP contribution in [0.4, 0.5) is 11.4 Å². The zero-order valence-corrected chi connectivity index (χ0v) is 13.3. The van der Waals surface area contributed by atoms with Gasteiger partial charge in [0, 0.05) is 11.4 Å². The molecule has 5 nitrogen and oxygen atoms in total. The fourth-order valence-electron chi connectivity index (χ4n) is 2.27. The van der Waals surface area contributed by atoms with E-state index < -0.39 is 5.97 Å². The van der Waals surface area contributed by atoms with Crippen molar-refractivity contribution in [2.75, 3.05) is 17.7 Å². The molecule has 5 heteroatoms. The molecule has 23 heavy (non-hydrogen) atoms. The van der Waals surface area contributed by atoms with Crippen molar-refractivity contribution in [3.63, 3.8) is 0 Å². The third kappa shape index (κ3) is 4.10. The van der Waals surface area contributed by atoms with E-state index in [1.165, 1.54) is 0 Å². The smallest absolute Gasteiger partial charge is 0.340 e. The van der Waals surface area contributed by atoms with Crippen LogP contribution in [0.1, 0.15) is 28.4 Å². The Bertz CT molecular complexity index is 726. The van der Waals surface area contributed by atoms with Gasteiger partial charge in [-0.15, -0.1) is 0 Å². The van der Waals surface area contributed by atoms with Crippen LogP contribution < -0.4 is 11.1 Å². The highest BCUT2D eigenvalue weighted by Gasteiger charge is 2.14. The summed E-state index contributed by atoms with van der Waals surface area (Å²) < 4.78 is 5.03. The molecular formula is C18H20N2O3. The van der Waals surface area contributed by atoms with Crippen LogP contribution in [0.2, 0.25) is 0 Å². The predicted molar refractivity (Wildman–Crippen MR) is 90.3 cm³/mol. The highest BCUT2D eigenvalue weighted by molar-refractivity contribution is 5.98. The number of rotatable bonds is 5. The monoisotopic (exact) mass is 312 g/mol. The van der Waals surface area contributed by atoms with Crippen molar-refractivity contribution >= 4 is 23.3 Å². The maximum absolute atomic E-state index is 12.0. The second-order valence-corrected chi connectivity index (χ2v) is 5.17. The Hall–Kier alpha value is -2.82. The number of anilines is 2. The topological polar surface area (TPSA) is 81.4 Å². The molecule has 3 N–H and O–H groups in total. The number of esters is 1. The van der Waals surface area contributed by atoms with Crippen LogP contribution in [-0.4, -0.2) is 18.5 Å². The van der Waals surface area contributed by atoms with Crippen molar-refractivity contribution in [2.24, 2.45) is 0 Å². The maximum atomic E-state index is 12.0. The van der Waals surface area contributed by atoms with E-state index in [0.29, 0.717) is 5.69 Å². The molecule has 0 saturated heterocycles. The average Bonchev–Trinajstić information content (AvgIpc) is 2.55. The largest absolute Gasteiger partial charge is 0.452 e. The highest BCUT2D eigenvalue weighted by atomic mass is 16.5. The van der Waals surface area contributed by atoms with E-state index in [9.17, 15) is 9.59 Å².